The Labute approximate surface area is 389 Å². The zero-order valence-corrected chi connectivity index (χ0v) is 43.0. The highest BCUT2D eigenvalue weighted by atomic mass is 16.3. The molecule has 1 N–H and O–H groups in total. The molecule has 5 fully saturated rings. The lowest BCUT2D eigenvalue weighted by Gasteiger charge is -2.47. The molecular formula is C55H123N5O. The van der Waals surface area contributed by atoms with Crippen LogP contribution in [0.15, 0.2) is 0 Å². The van der Waals surface area contributed by atoms with Crippen LogP contribution in [0.3, 0.4) is 0 Å². The number of aliphatic hydroxyl groups excluding tert-OH is 1. The molecule has 5 heterocycles. The summed E-state index contributed by atoms with van der Waals surface area (Å²) >= 11 is 0. The van der Waals surface area contributed by atoms with E-state index in [9.17, 15) is 5.11 Å². The first-order chi connectivity index (χ1) is 25.8. The predicted molar refractivity (Wildman–Crippen MR) is 282 cm³/mol. The van der Waals surface area contributed by atoms with E-state index in [0.717, 1.165) is 61.7 Å². The Morgan fingerprint density at radius 1 is 0.344 bits per heavy atom. The van der Waals surface area contributed by atoms with E-state index in [-0.39, 0.29) is 41.3 Å². The summed E-state index contributed by atoms with van der Waals surface area (Å²) in [5, 5.41) is 9.40. The lowest BCUT2D eigenvalue weighted by molar-refractivity contribution is 0.0163. The third-order valence-corrected chi connectivity index (χ3v) is 13.6. The number of rotatable bonds is 0. The number of likely N-dealkylation sites (tertiary alicyclic amines) is 5. The van der Waals surface area contributed by atoms with E-state index in [1.54, 1.807) is 0 Å². The van der Waals surface area contributed by atoms with Gasteiger partial charge in [0.2, 0.25) is 0 Å². The molecule has 0 saturated carbocycles. The summed E-state index contributed by atoms with van der Waals surface area (Å²) in [6, 6.07) is 1.54. The molecule has 0 aromatic heterocycles. The van der Waals surface area contributed by atoms with Crippen molar-refractivity contribution in [2.75, 3.05) is 52.4 Å². The van der Waals surface area contributed by atoms with Crippen molar-refractivity contribution in [3.63, 3.8) is 0 Å². The Balaban J connectivity index is -0.000000328. The van der Waals surface area contributed by atoms with Crippen LogP contribution in [0.4, 0.5) is 0 Å². The summed E-state index contributed by atoms with van der Waals surface area (Å²) in [5.41, 5.74) is 1.71. The van der Waals surface area contributed by atoms with Gasteiger partial charge in [-0.05, 0) is 232 Å². The van der Waals surface area contributed by atoms with Crippen molar-refractivity contribution in [3.8, 4) is 0 Å². The van der Waals surface area contributed by atoms with Gasteiger partial charge in [-0.1, -0.05) is 63.8 Å². The fourth-order valence-corrected chi connectivity index (χ4v) is 9.88. The molecule has 0 spiro atoms. The summed E-state index contributed by atoms with van der Waals surface area (Å²) in [4.78, 5) is 12.8. The fourth-order valence-electron chi connectivity index (χ4n) is 9.88. The average molecular weight is 871 g/mol. The molecule has 5 aliphatic heterocycles. The molecule has 5 rings (SSSR count). The van der Waals surface area contributed by atoms with E-state index in [2.05, 4.69) is 170 Å². The molecule has 0 aromatic carbocycles. The van der Waals surface area contributed by atoms with Crippen molar-refractivity contribution in [1.29, 1.82) is 0 Å². The van der Waals surface area contributed by atoms with Crippen molar-refractivity contribution in [2.24, 2.45) is 23.7 Å². The van der Waals surface area contributed by atoms with Gasteiger partial charge in [-0.25, -0.2) is 0 Å². The largest absolute Gasteiger partial charge is 0.392 e. The van der Waals surface area contributed by atoms with Crippen LogP contribution < -0.4 is 0 Å². The molecule has 0 aromatic rings. The zero-order valence-electron chi connectivity index (χ0n) is 43.0. The summed E-state index contributed by atoms with van der Waals surface area (Å²) < 4.78 is 0. The second-order valence-corrected chi connectivity index (χ2v) is 24.8. The molecule has 1 unspecified atom stereocenters. The first kappa shape index (κ1) is 67.4. The molecule has 0 bridgehead atoms. The number of hydrogen-bond acceptors (Lipinski definition) is 6. The number of aliphatic hydroxyl groups is 1. The monoisotopic (exact) mass is 870 g/mol. The highest BCUT2D eigenvalue weighted by Crippen LogP contribution is 2.30. The van der Waals surface area contributed by atoms with Gasteiger partial charge in [0, 0.05) is 59.4 Å². The highest BCUT2D eigenvalue weighted by Gasteiger charge is 2.33. The quantitative estimate of drug-likeness (QED) is 0.261. The normalized spacial score (nSPS) is 27.1. The number of nitrogens with zero attached hydrogens (tertiary/aromatic N) is 5. The first-order valence-electron chi connectivity index (χ1n) is 24.3. The third-order valence-electron chi connectivity index (χ3n) is 13.6. The van der Waals surface area contributed by atoms with Crippen molar-refractivity contribution in [2.45, 2.75) is 285 Å². The van der Waals surface area contributed by atoms with Gasteiger partial charge in [0.15, 0.2) is 0 Å². The van der Waals surface area contributed by atoms with E-state index >= 15 is 0 Å². The predicted octanol–water partition coefficient (Wildman–Crippen LogP) is 14.6. The zero-order chi connectivity index (χ0) is 44.2. The maximum atomic E-state index is 9.40. The molecular weight excluding hydrogens is 747 g/mol. The van der Waals surface area contributed by atoms with Gasteiger partial charge in [0.25, 0.3) is 0 Å². The summed E-state index contributed by atoms with van der Waals surface area (Å²) in [6.07, 6.45) is 13.1. The van der Waals surface area contributed by atoms with E-state index in [4.69, 9.17) is 0 Å². The van der Waals surface area contributed by atoms with Gasteiger partial charge in [-0.15, -0.1) is 0 Å². The van der Waals surface area contributed by atoms with Crippen molar-refractivity contribution >= 4 is 0 Å². The maximum Gasteiger partial charge on any atom is 0.0667 e. The standard InChI is InChI=1S/2C11H23N.2C10H21N.C9H19NO.4CH4/c1-9-6-10(2)8-12(7-9)11(3,4)5;1-9-7-6-8-10(2)12(9)11(3,4)5;2*1-9-5-7-11(8-6-9)10(2,3)4;1-9(2,3)10-6-4-5-8(11)7-10;;;;/h2*9-10H,6-8H2,1-5H3;2*9H,5-8H2,1-4H3;8,11H,4-7H2,1-3H3;4*1H4/t2*9-,10+;;;;;;;. The molecule has 6 nitrogen and oxygen atoms in total. The SMILES string of the molecule is C.C.C.C.CC(C)(C)N1CCCC(O)C1.CC1CCN(C(C)(C)C)CC1.CC1CCN(C(C)(C)C)CC1.C[C@@H]1CCC[C@H](C)N1C(C)(C)C.C[C@@H]1C[C@H](C)CN(C(C)(C)C)C1. The molecule has 5 atom stereocenters. The molecule has 5 saturated heterocycles. The third kappa shape index (κ3) is 27.1. The Hall–Kier alpha value is -0.240. The van der Waals surface area contributed by atoms with Crippen LogP contribution in [0.2, 0.25) is 0 Å². The van der Waals surface area contributed by atoms with E-state index < -0.39 is 0 Å². The minimum absolute atomic E-state index is 0. The van der Waals surface area contributed by atoms with Crippen molar-refractivity contribution in [3.05, 3.63) is 0 Å². The van der Waals surface area contributed by atoms with Crippen LogP contribution in [-0.4, -0.2) is 128 Å². The molecule has 6 heteroatoms. The van der Waals surface area contributed by atoms with Gasteiger partial charge >= 0.3 is 0 Å². The minimum atomic E-state index is -0.0945. The second-order valence-electron chi connectivity index (χ2n) is 24.8. The van der Waals surface area contributed by atoms with Crippen LogP contribution in [0.5, 0.6) is 0 Å². The molecule has 0 aliphatic carbocycles. The van der Waals surface area contributed by atoms with Crippen molar-refractivity contribution < 1.29 is 5.11 Å². The van der Waals surface area contributed by atoms with E-state index in [1.165, 1.54) is 90.6 Å². The summed E-state index contributed by atoms with van der Waals surface area (Å²) in [7, 11) is 0. The number of hydrogen-bond donors (Lipinski definition) is 1. The number of β-amino-alcohol motifs (C(OH)–C–C–N with tert-alkyl or cyclic N) is 1. The molecule has 374 valence electrons. The fraction of sp³-hybridized carbons (Fsp3) is 1.00. The first-order valence-corrected chi connectivity index (χ1v) is 24.3. The Morgan fingerprint density at radius 2 is 0.672 bits per heavy atom. The van der Waals surface area contributed by atoms with E-state index in [1.807, 2.05) is 0 Å². The van der Waals surface area contributed by atoms with Crippen LogP contribution in [0.1, 0.15) is 239 Å². The maximum absolute atomic E-state index is 9.40. The minimum Gasteiger partial charge on any atom is -0.392 e. The lowest BCUT2D eigenvalue weighted by atomic mass is 9.88. The molecule has 0 radical (unpaired) electrons. The smallest absolute Gasteiger partial charge is 0.0667 e. The summed E-state index contributed by atoms with van der Waals surface area (Å²) in [5.74, 6) is 3.67. The lowest BCUT2D eigenvalue weighted by Crippen LogP contribution is -2.53. The summed E-state index contributed by atoms with van der Waals surface area (Å²) in [6.45, 7) is 58.3. The van der Waals surface area contributed by atoms with Gasteiger partial charge in [-0.2, -0.15) is 0 Å². The van der Waals surface area contributed by atoms with Gasteiger partial charge in [0.05, 0.1) is 6.10 Å². The van der Waals surface area contributed by atoms with Crippen LogP contribution in [0, 0.1) is 23.7 Å². The second kappa shape index (κ2) is 29.4. The van der Waals surface area contributed by atoms with Crippen LogP contribution >= 0.6 is 0 Å². The molecule has 5 aliphatic rings. The Bertz CT molecular complexity index is 991. The Kier molecular flexibility index (Phi) is 32.5. The average Bonchev–Trinajstić information content (AvgIpc) is 3.04. The van der Waals surface area contributed by atoms with Gasteiger partial charge in [-0.3, -0.25) is 24.5 Å². The molecule has 61 heavy (non-hydrogen) atoms. The van der Waals surface area contributed by atoms with Crippen molar-refractivity contribution in [1.82, 2.24) is 24.5 Å². The van der Waals surface area contributed by atoms with Gasteiger partial charge < -0.3 is 5.11 Å². The topological polar surface area (TPSA) is 36.4 Å². The highest BCUT2D eigenvalue weighted by molar-refractivity contribution is 4.89. The van der Waals surface area contributed by atoms with E-state index in [0.29, 0.717) is 22.2 Å². The van der Waals surface area contributed by atoms with Gasteiger partial charge in [0.1, 0.15) is 0 Å². The molecule has 0 amide bonds. The number of piperidine rings is 5. The van der Waals surface area contributed by atoms with Crippen LogP contribution in [-0.2, 0) is 0 Å². The van der Waals surface area contributed by atoms with Crippen LogP contribution in [0.25, 0.3) is 0 Å². The Morgan fingerprint density at radius 3 is 0.918 bits per heavy atom.